The molecule has 1 fully saturated rings. The molecule has 2 rings (SSSR count). The zero-order valence-electron chi connectivity index (χ0n) is 16.0. The van der Waals surface area contributed by atoms with Crippen molar-refractivity contribution >= 4 is 12.1 Å². The second-order valence-electron chi connectivity index (χ2n) is 6.98. The fraction of sp³-hybridized carbons (Fsp3) is 0.619. The first kappa shape index (κ1) is 20.3. The predicted octanol–water partition coefficient (Wildman–Crippen LogP) is 4.20. The van der Waals surface area contributed by atoms with Gasteiger partial charge in [0.1, 0.15) is 0 Å². The molecule has 1 aromatic carbocycles. The van der Waals surface area contributed by atoms with Crippen LogP contribution in [0.3, 0.4) is 0 Å². The number of rotatable bonds is 8. The molecule has 0 radical (unpaired) electrons. The number of esters is 1. The second kappa shape index (κ2) is 10.8. The van der Waals surface area contributed by atoms with Crippen LogP contribution in [0, 0.1) is 5.92 Å². The average Bonchev–Trinajstić information content (AvgIpc) is 2.67. The summed E-state index contributed by atoms with van der Waals surface area (Å²) in [5, 5.41) is 0. The van der Waals surface area contributed by atoms with E-state index in [0.717, 1.165) is 37.7 Å². The van der Waals surface area contributed by atoms with Gasteiger partial charge in [0.05, 0.1) is 20.1 Å². The minimum absolute atomic E-state index is 0.0116. The Balaban J connectivity index is 2.11. The Morgan fingerprint density at radius 1 is 1.15 bits per heavy atom. The molecule has 26 heavy (non-hydrogen) atoms. The summed E-state index contributed by atoms with van der Waals surface area (Å²) in [7, 11) is 1.43. The number of benzene rings is 1. The topological polar surface area (TPSA) is 55.8 Å². The van der Waals surface area contributed by atoms with Gasteiger partial charge >= 0.3 is 12.1 Å². The number of carbonyl (C=O) groups is 2. The lowest BCUT2D eigenvalue weighted by atomic mass is 9.91. The van der Waals surface area contributed by atoms with E-state index in [9.17, 15) is 9.59 Å². The molecular formula is C21H31NO4. The van der Waals surface area contributed by atoms with Crippen molar-refractivity contribution in [2.75, 3.05) is 20.3 Å². The van der Waals surface area contributed by atoms with Crippen LogP contribution in [-0.4, -0.2) is 43.3 Å². The molecule has 1 unspecified atom stereocenters. The van der Waals surface area contributed by atoms with Gasteiger partial charge in [-0.3, -0.25) is 4.79 Å². The number of carbonyl (C=O) groups excluding carboxylic acids is 2. The number of hydrogen-bond donors (Lipinski definition) is 0. The lowest BCUT2D eigenvalue weighted by molar-refractivity contribution is -0.144. The van der Waals surface area contributed by atoms with Gasteiger partial charge in [-0.25, -0.2) is 4.79 Å². The number of methoxy groups -OCH3 is 1. The first-order chi connectivity index (χ1) is 12.6. The van der Waals surface area contributed by atoms with Gasteiger partial charge in [-0.05, 0) is 37.7 Å². The fourth-order valence-electron chi connectivity index (χ4n) is 3.77. The maximum absolute atomic E-state index is 12.4. The maximum Gasteiger partial charge on any atom is 0.409 e. The minimum atomic E-state index is -0.293. The van der Waals surface area contributed by atoms with Gasteiger partial charge in [-0.15, -0.1) is 0 Å². The van der Waals surface area contributed by atoms with E-state index in [4.69, 9.17) is 9.47 Å². The van der Waals surface area contributed by atoms with Gasteiger partial charge in [0.15, 0.2) is 0 Å². The average molecular weight is 361 g/mol. The van der Waals surface area contributed by atoms with Gasteiger partial charge < -0.3 is 14.4 Å². The zero-order valence-corrected chi connectivity index (χ0v) is 16.0. The van der Waals surface area contributed by atoms with Crippen LogP contribution in [0.15, 0.2) is 30.3 Å². The number of nitrogens with zero attached hydrogens (tertiary/aromatic N) is 1. The van der Waals surface area contributed by atoms with Gasteiger partial charge in [0, 0.05) is 12.6 Å². The lowest BCUT2D eigenvalue weighted by Crippen LogP contribution is -2.44. The van der Waals surface area contributed by atoms with Gasteiger partial charge in [-0.2, -0.15) is 0 Å². The first-order valence-corrected chi connectivity index (χ1v) is 9.68. The summed E-state index contributed by atoms with van der Waals surface area (Å²) in [4.78, 5) is 26.3. The molecule has 0 aromatic heterocycles. The van der Waals surface area contributed by atoms with E-state index in [2.05, 4.69) is 12.1 Å². The molecule has 1 amide bonds. The lowest BCUT2D eigenvalue weighted by Gasteiger charge is -2.35. The van der Waals surface area contributed by atoms with Crippen molar-refractivity contribution in [1.82, 2.24) is 4.90 Å². The quantitative estimate of drug-likeness (QED) is 0.651. The first-order valence-electron chi connectivity index (χ1n) is 9.68. The maximum atomic E-state index is 12.4. The van der Waals surface area contributed by atoms with Gasteiger partial charge in [-0.1, -0.05) is 49.6 Å². The monoisotopic (exact) mass is 361 g/mol. The SMILES string of the molecule is CCOC(=O)CC(Cc1ccccc1)CN(C(=O)OC)C1CCCCC1. The molecule has 0 heterocycles. The summed E-state index contributed by atoms with van der Waals surface area (Å²) < 4.78 is 10.2. The predicted molar refractivity (Wildman–Crippen MR) is 101 cm³/mol. The molecule has 1 aliphatic carbocycles. The van der Waals surface area contributed by atoms with Crippen molar-refractivity contribution < 1.29 is 19.1 Å². The molecule has 5 nitrogen and oxygen atoms in total. The van der Waals surface area contributed by atoms with Crippen molar-refractivity contribution in [2.24, 2.45) is 5.92 Å². The van der Waals surface area contributed by atoms with Crippen molar-refractivity contribution in [3.05, 3.63) is 35.9 Å². The molecule has 0 spiro atoms. The molecule has 1 aromatic rings. The van der Waals surface area contributed by atoms with E-state index in [-0.39, 0.29) is 24.0 Å². The molecular weight excluding hydrogens is 330 g/mol. The Bertz CT molecular complexity index is 554. The van der Waals surface area contributed by atoms with Crippen LogP contribution in [0.4, 0.5) is 4.79 Å². The largest absolute Gasteiger partial charge is 0.466 e. The van der Waals surface area contributed by atoms with Gasteiger partial charge in [0.2, 0.25) is 0 Å². The zero-order chi connectivity index (χ0) is 18.8. The number of hydrogen-bond acceptors (Lipinski definition) is 4. The minimum Gasteiger partial charge on any atom is -0.466 e. The number of amides is 1. The Morgan fingerprint density at radius 2 is 1.85 bits per heavy atom. The van der Waals surface area contributed by atoms with Crippen LogP contribution in [0.25, 0.3) is 0 Å². The van der Waals surface area contributed by atoms with Gasteiger partial charge in [0.25, 0.3) is 0 Å². The standard InChI is InChI=1S/C21H31NO4/c1-3-26-20(23)15-18(14-17-10-6-4-7-11-17)16-22(21(24)25-2)19-12-8-5-9-13-19/h4,6-7,10-11,18-19H,3,5,8-9,12-16H2,1-2H3. The molecule has 0 saturated heterocycles. The summed E-state index contributed by atoms with van der Waals surface area (Å²) in [5.74, 6) is -0.195. The van der Waals surface area contributed by atoms with Crippen LogP contribution in [0.1, 0.15) is 51.0 Å². The normalized spacial score (nSPS) is 15.9. The molecule has 5 heteroatoms. The van der Waals surface area contributed by atoms with E-state index in [1.807, 2.05) is 30.0 Å². The van der Waals surface area contributed by atoms with Crippen LogP contribution in [-0.2, 0) is 20.7 Å². The molecule has 1 aliphatic rings. The molecule has 144 valence electrons. The summed E-state index contributed by atoms with van der Waals surface area (Å²) >= 11 is 0. The third-order valence-corrected chi connectivity index (χ3v) is 5.01. The van der Waals surface area contributed by atoms with E-state index < -0.39 is 0 Å². The fourth-order valence-corrected chi connectivity index (χ4v) is 3.77. The number of ether oxygens (including phenoxy) is 2. The summed E-state index contributed by atoms with van der Waals surface area (Å²) in [6.07, 6.45) is 6.27. The van der Waals surface area contributed by atoms with E-state index in [1.165, 1.54) is 13.5 Å². The molecule has 0 aliphatic heterocycles. The summed E-state index contributed by atoms with van der Waals surface area (Å²) in [6, 6.07) is 10.3. The highest BCUT2D eigenvalue weighted by Crippen LogP contribution is 2.25. The van der Waals surface area contributed by atoms with E-state index >= 15 is 0 Å². The van der Waals surface area contributed by atoms with Crippen molar-refractivity contribution in [3.8, 4) is 0 Å². The van der Waals surface area contributed by atoms with Crippen LogP contribution in [0.2, 0.25) is 0 Å². The van der Waals surface area contributed by atoms with E-state index in [0.29, 0.717) is 19.6 Å². The Kier molecular flexibility index (Phi) is 8.45. The van der Waals surface area contributed by atoms with Crippen LogP contribution >= 0.6 is 0 Å². The Hall–Kier alpha value is -2.04. The smallest absolute Gasteiger partial charge is 0.409 e. The summed E-state index contributed by atoms with van der Waals surface area (Å²) in [5.41, 5.74) is 1.16. The molecule has 0 bridgehead atoms. The Morgan fingerprint density at radius 3 is 2.46 bits per heavy atom. The molecule has 0 N–H and O–H groups in total. The van der Waals surface area contributed by atoms with Crippen LogP contribution < -0.4 is 0 Å². The van der Waals surface area contributed by atoms with Crippen molar-refractivity contribution in [3.63, 3.8) is 0 Å². The highest BCUT2D eigenvalue weighted by Gasteiger charge is 2.29. The van der Waals surface area contributed by atoms with E-state index in [1.54, 1.807) is 0 Å². The highest BCUT2D eigenvalue weighted by molar-refractivity contribution is 5.70. The second-order valence-corrected chi connectivity index (χ2v) is 6.98. The van der Waals surface area contributed by atoms with Crippen molar-refractivity contribution in [2.45, 2.75) is 57.9 Å². The molecule has 1 atom stereocenters. The highest BCUT2D eigenvalue weighted by atomic mass is 16.5. The van der Waals surface area contributed by atoms with Crippen molar-refractivity contribution in [1.29, 1.82) is 0 Å². The summed E-state index contributed by atoms with van der Waals surface area (Å²) in [6.45, 7) is 2.71. The van der Waals surface area contributed by atoms with Crippen LogP contribution in [0.5, 0.6) is 0 Å². The third-order valence-electron chi connectivity index (χ3n) is 5.01. The Labute approximate surface area is 156 Å². The molecule has 1 saturated carbocycles. The third kappa shape index (κ3) is 6.36.